The van der Waals surface area contributed by atoms with Crippen LogP contribution in [0.25, 0.3) is 0 Å². The van der Waals surface area contributed by atoms with E-state index in [4.69, 9.17) is 26.8 Å². The third-order valence-corrected chi connectivity index (χ3v) is 5.22. The van der Waals surface area contributed by atoms with E-state index in [9.17, 15) is 9.18 Å². The zero-order valence-corrected chi connectivity index (χ0v) is 17.9. The van der Waals surface area contributed by atoms with Crippen LogP contribution in [0.4, 0.5) is 4.39 Å². The van der Waals surface area contributed by atoms with Crippen LogP contribution in [0, 0.1) is 5.82 Å². The van der Waals surface area contributed by atoms with Crippen LogP contribution in [-0.2, 0) is 24.4 Å². The number of hydrogen-bond acceptors (Lipinski definition) is 4. The van der Waals surface area contributed by atoms with Crippen LogP contribution in [0.3, 0.4) is 0 Å². The fraction of sp³-hybridized carbons (Fsp3) is 0.208. The number of carbonyl (C=O) groups excluding carboxylic acids is 1. The second-order valence-electron chi connectivity index (χ2n) is 6.99. The van der Waals surface area contributed by atoms with Gasteiger partial charge in [0.05, 0.1) is 18.2 Å². The van der Waals surface area contributed by atoms with Crippen molar-refractivity contribution in [3.05, 3.63) is 94.3 Å². The summed E-state index contributed by atoms with van der Waals surface area (Å²) in [6.07, 6.45) is 0.489. The Morgan fingerprint density at radius 3 is 2.58 bits per heavy atom. The van der Waals surface area contributed by atoms with Crippen molar-refractivity contribution in [2.75, 3.05) is 7.11 Å². The van der Waals surface area contributed by atoms with Gasteiger partial charge in [-0.05, 0) is 30.2 Å². The molecule has 31 heavy (non-hydrogen) atoms. The van der Waals surface area contributed by atoms with Gasteiger partial charge in [0, 0.05) is 23.7 Å². The van der Waals surface area contributed by atoms with Crippen LogP contribution in [0.5, 0.6) is 11.5 Å². The van der Waals surface area contributed by atoms with Crippen LogP contribution in [0.2, 0.25) is 5.02 Å². The average molecular weight is 443 g/mol. The Kier molecular flexibility index (Phi) is 7.87. The Labute approximate surface area is 185 Å². The molecular weight excluding hydrogens is 419 g/mol. The molecule has 0 aliphatic rings. The van der Waals surface area contributed by atoms with Gasteiger partial charge in [-0.2, -0.15) is 0 Å². The maximum absolute atomic E-state index is 13.9. The van der Waals surface area contributed by atoms with Crippen LogP contribution < -0.4 is 20.5 Å². The molecular formula is C24H24ClFN2O3. The highest BCUT2D eigenvalue weighted by Crippen LogP contribution is 2.27. The SMILES string of the molecule is COc1cc(OCc2c(F)cccc2Cl)ccc1CNC(Cc1ccccc1)C(N)=O. The van der Waals surface area contributed by atoms with Gasteiger partial charge in [0.1, 0.15) is 23.9 Å². The summed E-state index contributed by atoms with van der Waals surface area (Å²) in [5, 5.41) is 3.50. The van der Waals surface area contributed by atoms with E-state index in [2.05, 4.69) is 5.32 Å². The van der Waals surface area contributed by atoms with Crippen LogP contribution in [0.1, 0.15) is 16.7 Å². The number of amides is 1. The van der Waals surface area contributed by atoms with Gasteiger partial charge in [-0.3, -0.25) is 4.79 Å². The number of primary amides is 1. The predicted octanol–water partition coefficient (Wildman–Crippen LogP) is 4.25. The van der Waals surface area contributed by atoms with Crippen LogP contribution in [0.15, 0.2) is 66.7 Å². The molecule has 0 fully saturated rings. The third-order valence-electron chi connectivity index (χ3n) is 4.87. The number of ether oxygens (including phenoxy) is 2. The van der Waals surface area contributed by atoms with Crippen molar-refractivity contribution >= 4 is 17.5 Å². The van der Waals surface area contributed by atoms with Crippen molar-refractivity contribution < 1.29 is 18.7 Å². The molecule has 0 aliphatic carbocycles. The van der Waals surface area contributed by atoms with Crippen molar-refractivity contribution in [3.63, 3.8) is 0 Å². The summed E-state index contributed by atoms with van der Waals surface area (Å²) >= 11 is 6.04. The molecule has 1 unspecified atom stereocenters. The number of benzene rings is 3. The van der Waals surface area contributed by atoms with E-state index < -0.39 is 17.8 Å². The third kappa shape index (κ3) is 6.20. The summed E-state index contributed by atoms with van der Waals surface area (Å²) in [5.41, 5.74) is 7.71. The topological polar surface area (TPSA) is 73.6 Å². The zero-order chi connectivity index (χ0) is 22.2. The summed E-state index contributed by atoms with van der Waals surface area (Å²) in [7, 11) is 1.55. The molecule has 3 rings (SSSR count). The smallest absolute Gasteiger partial charge is 0.234 e. The number of rotatable bonds is 10. The first kappa shape index (κ1) is 22.6. The summed E-state index contributed by atoms with van der Waals surface area (Å²) < 4.78 is 25.1. The Morgan fingerprint density at radius 1 is 1.13 bits per heavy atom. The van der Waals surface area contributed by atoms with Gasteiger partial charge in [0.2, 0.25) is 5.91 Å². The summed E-state index contributed by atoms with van der Waals surface area (Å²) in [5.74, 6) is 0.240. The fourth-order valence-electron chi connectivity index (χ4n) is 3.14. The number of carbonyl (C=O) groups is 1. The molecule has 1 amide bonds. The van der Waals surface area contributed by atoms with Gasteiger partial charge >= 0.3 is 0 Å². The van der Waals surface area contributed by atoms with E-state index in [0.717, 1.165) is 11.1 Å². The van der Waals surface area contributed by atoms with Gasteiger partial charge in [-0.15, -0.1) is 0 Å². The first-order valence-corrected chi connectivity index (χ1v) is 10.1. The van der Waals surface area contributed by atoms with Gasteiger partial charge in [-0.25, -0.2) is 4.39 Å². The quantitative estimate of drug-likeness (QED) is 0.492. The van der Waals surface area contributed by atoms with Gasteiger partial charge < -0.3 is 20.5 Å². The predicted molar refractivity (Wildman–Crippen MR) is 119 cm³/mol. The van der Waals surface area contributed by atoms with E-state index in [1.54, 1.807) is 31.4 Å². The largest absolute Gasteiger partial charge is 0.496 e. The van der Waals surface area contributed by atoms with E-state index in [1.807, 2.05) is 36.4 Å². The normalized spacial score (nSPS) is 11.7. The molecule has 3 aromatic rings. The molecule has 0 radical (unpaired) electrons. The minimum absolute atomic E-state index is 0.00686. The highest BCUT2D eigenvalue weighted by Gasteiger charge is 2.17. The lowest BCUT2D eigenvalue weighted by Gasteiger charge is -2.17. The first-order chi connectivity index (χ1) is 15.0. The minimum atomic E-state index is -0.522. The summed E-state index contributed by atoms with van der Waals surface area (Å²) in [6, 6.07) is 18.9. The molecule has 0 saturated heterocycles. The number of nitrogens with one attached hydrogen (secondary N) is 1. The van der Waals surface area contributed by atoms with Crippen molar-refractivity contribution in [3.8, 4) is 11.5 Å². The van der Waals surface area contributed by atoms with E-state index in [0.29, 0.717) is 35.1 Å². The number of halogens is 2. The van der Waals surface area contributed by atoms with Crippen molar-refractivity contribution in [1.82, 2.24) is 5.32 Å². The molecule has 0 spiro atoms. The molecule has 0 bridgehead atoms. The van der Waals surface area contributed by atoms with E-state index >= 15 is 0 Å². The van der Waals surface area contributed by atoms with E-state index in [1.165, 1.54) is 6.07 Å². The molecule has 3 aromatic carbocycles. The zero-order valence-electron chi connectivity index (χ0n) is 17.1. The number of methoxy groups -OCH3 is 1. The number of hydrogen-bond donors (Lipinski definition) is 2. The second kappa shape index (κ2) is 10.8. The van der Waals surface area contributed by atoms with Crippen molar-refractivity contribution in [1.29, 1.82) is 0 Å². The Bertz CT molecular complexity index is 1010. The fourth-order valence-corrected chi connectivity index (χ4v) is 3.36. The standard InChI is InChI=1S/C24H24ClFN2O3/c1-30-23-13-18(31-15-19-20(25)8-5-9-21(19)26)11-10-17(23)14-28-22(24(27)29)12-16-6-3-2-4-7-16/h2-11,13,22,28H,12,14-15H2,1H3,(H2,27,29). The van der Waals surface area contributed by atoms with Gasteiger partial charge in [-0.1, -0.05) is 54.1 Å². The molecule has 162 valence electrons. The molecule has 0 saturated carbocycles. The average Bonchev–Trinajstić information content (AvgIpc) is 2.77. The summed E-state index contributed by atoms with van der Waals surface area (Å²) in [4.78, 5) is 11.9. The highest BCUT2D eigenvalue weighted by molar-refractivity contribution is 6.31. The Balaban J connectivity index is 1.65. The lowest BCUT2D eigenvalue weighted by atomic mass is 10.0. The van der Waals surface area contributed by atoms with Crippen LogP contribution in [-0.4, -0.2) is 19.1 Å². The van der Waals surface area contributed by atoms with Crippen LogP contribution >= 0.6 is 11.6 Å². The Morgan fingerprint density at radius 2 is 1.90 bits per heavy atom. The lowest BCUT2D eigenvalue weighted by Crippen LogP contribution is -2.42. The van der Waals surface area contributed by atoms with Gasteiger partial charge in [0.25, 0.3) is 0 Å². The second-order valence-corrected chi connectivity index (χ2v) is 7.40. The summed E-state index contributed by atoms with van der Waals surface area (Å²) in [6.45, 7) is 0.371. The first-order valence-electron chi connectivity index (χ1n) is 9.77. The lowest BCUT2D eigenvalue weighted by molar-refractivity contribution is -0.120. The maximum atomic E-state index is 13.9. The van der Waals surface area contributed by atoms with Crippen molar-refractivity contribution in [2.45, 2.75) is 25.6 Å². The molecule has 1 atom stereocenters. The van der Waals surface area contributed by atoms with Crippen molar-refractivity contribution in [2.24, 2.45) is 5.73 Å². The van der Waals surface area contributed by atoms with E-state index in [-0.39, 0.29) is 6.61 Å². The van der Waals surface area contributed by atoms with Gasteiger partial charge in [0.15, 0.2) is 0 Å². The molecule has 0 heterocycles. The highest BCUT2D eigenvalue weighted by atomic mass is 35.5. The monoisotopic (exact) mass is 442 g/mol. The molecule has 7 heteroatoms. The maximum Gasteiger partial charge on any atom is 0.234 e. The minimum Gasteiger partial charge on any atom is -0.496 e. The molecule has 5 nitrogen and oxygen atoms in total. The Hall–Kier alpha value is -3.09. The molecule has 0 aromatic heterocycles. The molecule has 3 N–H and O–H groups in total. The molecule has 0 aliphatic heterocycles. The number of nitrogens with two attached hydrogens (primary N) is 1.